The molecular weight excluding hydrogens is 404 g/mol. The Kier molecular flexibility index (Phi) is 6.18. The molecule has 4 rings (SSSR count). The Balaban J connectivity index is 1.27. The lowest BCUT2D eigenvalue weighted by molar-refractivity contribution is -0.131. The fourth-order valence-electron chi connectivity index (χ4n) is 3.66. The molecule has 3 aromatic rings. The highest BCUT2D eigenvalue weighted by molar-refractivity contribution is 6.30. The maximum atomic E-state index is 12.6. The average Bonchev–Trinajstić information content (AvgIpc) is 3.46. The first kappa shape index (κ1) is 20.2. The Bertz CT molecular complexity index is 990. The summed E-state index contributed by atoms with van der Waals surface area (Å²) < 4.78 is 5.21. The Labute approximate surface area is 179 Å². The van der Waals surface area contributed by atoms with Gasteiger partial charge in [-0.05, 0) is 48.7 Å². The van der Waals surface area contributed by atoms with Gasteiger partial charge in [0.1, 0.15) is 11.5 Å². The summed E-state index contributed by atoms with van der Waals surface area (Å²) in [4.78, 5) is 26.7. The number of nitrogens with zero attached hydrogens (tertiary/aromatic N) is 2. The Morgan fingerprint density at radius 2 is 1.97 bits per heavy atom. The summed E-state index contributed by atoms with van der Waals surface area (Å²) in [5, 5.41) is 10.6. The summed E-state index contributed by atoms with van der Waals surface area (Å²) in [7, 11) is 0. The maximum absolute atomic E-state index is 12.6. The highest BCUT2D eigenvalue weighted by Crippen LogP contribution is 2.27. The second-order valence-corrected chi connectivity index (χ2v) is 7.87. The molecule has 0 saturated carbocycles. The van der Waals surface area contributed by atoms with E-state index in [9.17, 15) is 9.59 Å². The van der Waals surface area contributed by atoms with Crippen LogP contribution in [0.15, 0.2) is 53.1 Å². The number of carbonyl (C=O) groups excluding carboxylic acids is 2. The van der Waals surface area contributed by atoms with E-state index in [-0.39, 0.29) is 17.7 Å². The highest BCUT2D eigenvalue weighted by atomic mass is 35.5. The van der Waals surface area contributed by atoms with Crippen LogP contribution in [0.4, 0.5) is 0 Å². The number of likely N-dealkylation sites (tertiary alicyclic amines) is 1. The third-order valence-electron chi connectivity index (χ3n) is 5.39. The van der Waals surface area contributed by atoms with E-state index in [4.69, 9.17) is 16.0 Å². The molecule has 0 unspecified atom stereocenters. The second-order valence-electron chi connectivity index (χ2n) is 7.43. The van der Waals surface area contributed by atoms with Crippen LogP contribution in [-0.4, -0.2) is 40.0 Å². The lowest BCUT2D eigenvalue weighted by atomic mass is 9.93. The number of hydrogen-bond acceptors (Lipinski definition) is 4. The van der Waals surface area contributed by atoms with Crippen molar-refractivity contribution < 1.29 is 14.0 Å². The van der Waals surface area contributed by atoms with Crippen LogP contribution in [0, 0.1) is 0 Å². The Morgan fingerprint density at radius 1 is 1.20 bits per heavy atom. The molecule has 2 N–H and O–H groups in total. The molecule has 0 bridgehead atoms. The third-order valence-corrected chi connectivity index (χ3v) is 5.64. The van der Waals surface area contributed by atoms with Crippen molar-refractivity contribution in [2.45, 2.75) is 31.7 Å². The molecule has 2 amide bonds. The van der Waals surface area contributed by atoms with Gasteiger partial charge in [-0.1, -0.05) is 23.7 Å². The van der Waals surface area contributed by atoms with Crippen molar-refractivity contribution in [2.24, 2.45) is 0 Å². The molecule has 1 fully saturated rings. The van der Waals surface area contributed by atoms with Crippen LogP contribution in [-0.2, 0) is 17.8 Å². The van der Waals surface area contributed by atoms with Gasteiger partial charge in [0.05, 0.1) is 19.2 Å². The number of aromatic amines is 1. The summed E-state index contributed by atoms with van der Waals surface area (Å²) in [6.45, 7) is 1.70. The number of benzene rings is 1. The van der Waals surface area contributed by atoms with Gasteiger partial charge in [-0.2, -0.15) is 5.10 Å². The largest absolute Gasteiger partial charge is 0.467 e. The first-order valence-corrected chi connectivity index (χ1v) is 10.3. The van der Waals surface area contributed by atoms with Gasteiger partial charge in [-0.25, -0.2) is 0 Å². The van der Waals surface area contributed by atoms with Crippen LogP contribution in [0.2, 0.25) is 5.02 Å². The summed E-state index contributed by atoms with van der Waals surface area (Å²) in [6, 6.07) is 12.8. The monoisotopic (exact) mass is 426 g/mol. The summed E-state index contributed by atoms with van der Waals surface area (Å²) in [5.41, 5.74) is 2.26. The lowest BCUT2D eigenvalue weighted by Crippen LogP contribution is -2.38. The zero-order chi connectivity index (χ0) is 20.9. The summed E-state index contributed by atoms with van der Waals surface area (Å²) in [5.74, 6) is 0.821. The van der Waals surface area contributed by atoms with Gasteiger partial charge in [0.2, 0.25) is 5.91 Å². The second kappa shape index (κ2) is 9.17. The van der Waals surface area contributed by atoms with E-state index in [2.05, 4.69) is 15.5 Å². The molecule has 0 radical (unpaired) electrons. The number of furan rings is 1. The van der Waals surface area contributed by atoms with E-state index < -0.39 is 0 Å². The predicted molar refractivity (Wildman–Crippen MR) is 112 cm³/mol. The molecule has 0 aliphatic carbocycles. The quantitative estimate of drug-likeness (QED) is 0.630. The standard InChI is InChI=1S/C22H23ClN4O3/c23-17-5-3-15(4-6-17)12-21(28)27-9-7-16(8-10-27)19-13-20(26-25-19)22(29)24-14-18-2-1-11-30-18/h1-6,11,13,16H,7-10,12,14H2,(H,24,29)(H,25,26). The van der Waals surface area contributed by atoms with Crippen molar-refractivity contribution in [3.8, 4) is 0 Å². The number of hydrogen-bond donors (Lipinski definition) is 2. The van der Waals surface area contributed by atoms with Gasteiger partial charge >= 0.3 is 0 Å². The molecule has 2 aromatic heterocycles. The van der Waals surface area contributed by atoms with Crippen LogP contribution in [0.1, 0.15) is 46.3 Å². The van der Waals surface area contributed by atoms with E-state index in [1.54, 1.807) is 36.6 Å². The van der Waals surface area contributed by atoms with Crippen molar-refractivity contribution in [1.29, 1.82) is 0 Å². The minimum atomic E-state index is -0.246. The van der Waals surface area contributed by atoms with Crippen molar-refractivity contribution in [1.82, 2.24) is 20.4 Å². The topological polar surface area (TPSA) is 91.2 Å². The van der Waals surface area contributed by atoms with Gasteiger partial charge < -0.3 is 14.6 Å². The Morgan fingerprint density at radius 3 is 2.67 bits per heavy atom. The molecule has 7 nitrogen and oxygen atoms in total. The number of piperidine rings is 1. The van der Waals surface area contributed by atoms with Gasteiger partial charge in [-0.15, -0.1) is 0 Å². The molecule has 0 atom stereocenters. The van der Waals surface area contributed by atoms with Crippen molar-refractivity contribution in [2.75, 3.05) is 13.1 Å². The predicted octanol–water partition coefficient (Wildman–Crippen LogP) is 3.53. The average molecular weight is 427 g/mol. The number of rotatable bonds is 6. The smallest absolute Gasteiger partial charge is 0.272 e. The number of halogens is 1. The summed E-state index contributed by atoms with van der Waals surface area (Å²) in [6.07, 6.45) is 3.62. The zero-order valence-electron chi connectivity index (χ0n) is 16.4. The van der Waals surface area contributed by atoms with Crippen LogP contribution in [0.25, 0.3) is 0 Å². The molecule has 30 heavy (non-hydrogen) atoms. The van der Waals surface area contributed by atoms with E-state index >= 15 is 0 Å². The van der Waals surface area contributed by atoms with Crippen LogP contribution in [0.5, 0.6) is 0 Å². The van der Waals surface area contributed by atoms with Gasteiger partial charge in [-0.3, -0.25) is 14.7 Å². The molecule has 3 heterocycles. The van der Waals surface area contributed by atoms with Crippen LogP contribution < -0.4 is 5.32 Å². The molecule has 1 saturated heterocycles. The highest BCUT2D eigenvalue weighted by Gasteiger charge is 2.25. The molecule has 156 valence electrons. The Hall–Kier alpha value is -3.06. The van der Waals surface area contributed by atoms with Gasteiger partial charge in [0.15, 0.2) is 0 Å². The van der Waals surface area contributed by atoms with Crippen LogP contribution >= 0.6 is 11.6 Å². The first-order chi connectivity index (χ1) is 14.6. The molecule has 1 aromatic carbocycles. The van der Waals surface area contributed by atoms with E-state index in [0.29, 0.717) is 42.5 Å². The number of nitrogens with one attached hydrogen (secondary N) is 2. The minimum Gasteiger partial charge on any atom is -0.467 e. The van der Waals surface area contributed by atoms with Gasteiger partial charge in [0.25, 0.3) is 5.91 Å². The van der Waals surface area contributed by atoms with Crippen molar-refractivity contribution >= 4 is 23.4 Å². The number of amides is 2. The normalized spacial score (nSPS) is 14.6. The molecule has 1 aliphatic rings. The van der Waals surface area contributed by atoms with Gasteiger partial charge in [0, 0.05) is 29.7 Å². The fourth-order valence-corrected chi connectivity index (χ4v) is 3.79. The molecule has 0 spiro atoms. The number of aromatic nitrogens is 2. The SMILES string of the molecule is O=C(NCc1ccco1)c1cc(C2CCN(C(=O)Cc3ccc(Cl)cc3)CC2)[nH]n1. The van der Waals surface area contributed by atoms with E-state index in [1.807, 2.05) is 17.0 Å². The van der Waals surface area contributed by atoms with Crippen molar-refractivity contribution in [3.05, 3.63) is 76.5 Å². The zero-order valence-corrected chi connectivity index (χ0v) is 17.2. The molecule has 8 heteroatoms. The van der Waals surface area contributed by atoms with Crippen molar-refractivity contribution in [3.63, 3.8) is 0 Å². The first-order valence-electron chi connectivity index (χ1n) is 9.96. The molecular formula is C22H23ClN4O3. The van der Waals surface area contributed by atoms with E-state index in [1.165, 1.54) is 0 Å². The number of carbonyl (C=O) groups is 2. The van der Waals surface area contributed by atoms with E-state index in [0.717, 1.165) is 24.1 Å². The maximum Gasteiger partial charge on any atom is 0.272 e. The number of H-pyrrole nitrogens is 1. The third kappa shape index (κ3) is 4.91. The van der Waals surface area contributed by atoms with Crippen LogP contribution in [0.3, 0.4) is 0 Å². The fraction of sp³-hybridized carbons (Fsp3) is 0.318. The lowest BCUT2D eigenvalue weighted by Gasteiger charge is -2.31. The molecule has 1 aliphatic heterocycles. The summed E-state index contributed by atoms with van der Waals surface area (Å²) >= 11 is 5.90. The minimum absolute atomic E-state index is 0.123.